The van der Waals surface area contributed by atoms with Crippen LogP contribution in [0.3, 0.4) is 0 Å². The van der Waals surface area contributed by atoms with E-state index in [1.807, 2.05) is 20.8 Å². The minimum atomic E-state index is -0.421. The number of hydrogen-bond donors (Lipinski definition) is 2. The molecule has 0 unspecified atom stereocenters. The molecule has 2 N–H and O–H groups in total. The number of ether oxygens (including phenoxy) is 1. The Kier molecular flexibility index (Phi) is 4.59. The van der Waals surface area contributed by atoms with Crippen molar-refractivity contribution in [2.75, 3.05) is 13.1 Å². The van der Waals surface area contributed by atoms with Gasteiger partial charge < -0.3 is 15.4 Å². The van der Waals surface area contributed by atoms with E-state index in [2.05, 4.69) is 17.6 Å². The Bertz CT molecular complexity index is 236. The van der Waals surface area contributed by atoms with E-state index < -0.39 is 5.60 Å². The molecular formula is C12H24N2O2. The van der Waals surface area contributed by atoms with Gasteiger partial charge in [0.1, 0.15) is 5.60 Å². The van der Waals surface area contributed by atoms with Crippen molar-refractivity contribution >= 4 is 6.09 Å². The molecule has 0 aliphatic carbocycles. The van der Waals surface area contributed by atoms with E-state index in [1.165, 1.54) is 12.8 Å². The number of rotatable bonds is 2. The molecule has 0 aromatic rings. The number of hydrogen-bond acceptors (Lipinski definition) is 3. The Labute approximate surface area is 98.1 Å². The van der Waals surface area contributed by atoms with Gasteiger partial charge in [0, 0.05) is 12.6 Å². The Morgan fingerprint density at radius 3 is 2.75 bits per heavy atom. The largest absolute Gasteiger partial charge is 0.444 e. The predicted molar refractivity (Wildman–Crippen MR) is 64.4 cm³/mol. The summed E-state index contributed by atoms with van der Waals surface area (Å²) in [6.07, 6.45) is 2.13. The number of nitrogens with one attached hydrogen (secondary N) is 2. The second-order valence-corrected chi connectivity index (χ2v) is 5.56. The second-order valence-electron chi connectivity index (χ2n) is 5.56. The summed E-state index contributed by atoms with van der Waals surface area (Å²) in [7, 11) is 0. The van der Waals surface area contributed by atoms with Gasteiger partial charge in [0.2, 0.25) is 0 Å². The molecular weight excluding hydrogens is 204 g/mol. The van der Waals surface area contributed by atoms with Crippen molar-refractivity contribution in [3.05, 3.63) is 0 Å². The van der Waals surface area contributed by atoms with Gasteiger partial charge in [0.05, 0.1) is 0 Å². The van der Waals surface area contributed by atoms with Crippen molar-refractivity contribution in [2.45, 2.75) is 52.2 Å². The van der Waals surface area contributed by atoms with Crippen molar-refractivity contribution in [1.29, 1.82) is 0 Å². The van der Waals surface area contributed by atoms with Crippen LogP contribution in [0, 0.1) is 5.92 Å². The number of piperidine rings is 1. The lowest BCUT2D eigenvalue weighted by molar-refractivity contribution is 0.0516. The van der Waals surface area contributed by atoms with Gasteiger partial charge in [-0.05, 0) is 46.1 Å². The zero-order chi connectivity index (χ0) is 12.2. The van der Waals surface area contributed by atoms with E-state index in [0.29, 0.717) is 18.5 Å². The summed E-state index contributed by atoms with van der Waals surface area (Å²) >= 11 is 0. The van der Waals surface area contributed by atoms with Gasteiger partial charge in [0.25, 0.3) is 0 Å². The SMILES string of the molecule is C[C@H]1CCCN[C@@H]1CNC(=O)OC(C)(C)C. The van der Waals surface area contributed by atoms with Crippen molar-refractivity contribution in [3.63, 3.8) is 0 Å². The number of carbonyl (C=O) groups is 1. The van der Waals surface area contributed by atoms with Crippen molar-refractivity contribution < 1.29 is 9.53 Å². The molecule has 4 heteroatoms. The third kappa shape index (κ3) is 4.84. The zero-order valence-corrected chi connectivity index (χ0v) is 10.8. The Hall–Kier alpha value is -0.770. The molecule has 1 aliphatic heterocycles. The Morgan fingerprint density at radius 1 is 1.50 bits per heavy atom. The van der Waals surface area contributed by atoms with E-state index in [1.54, 1.807) is 0 Å². The van der Waals surface area contributed by atoms with Crippen LogP contribution in [0.5, 0.6) is 0 Å². The lowest BCUT2D eigenvalue weighted by atomic mass is 9.93. The van der Waals surface area contributed by atoms with Crippen LogP contribution >= 0.6 is 0 Å². The first-order valence-corrected chi connectivity index (χ1v) is 6.09. The highest BCUT2D eigenvalue weighted by molar-refractivity contribution is 5.67. The molecule has 2 atom stereocenters. The molecule has 0 radical (unpaired) electrons. The molecule has 1 heterocycles. The average Bonchev–Trinajstić information content (AvgIpc) is 2.14. The molecule has 0 spiro atoms. The van der Waals surface area contributed by atoms with E-state index in [9.17, 15) is 4.79 Å². The minimum Gasteiger partial charge on any atom is -0.444 e. The van der Waals surface area contributed by atoms with E-state index in [0.717, 1.165) is 6.54 Å². The second kappa shape index (κ2) is 5.53. The van der Waals surface area contributed by atoms with Crippen LogP contribution in [-0.4, -0.2) is 30.8 Å². The summed E-state index contributed by atoms with van der Waals surface area (Å²) in [5.74, 6) is 0.615. The Balaban J connectivity index is 2.25. The zero-order valence-electron chi connectivity index (χ0n) is 10.8. The highest BCUT2D eigenvalue weighted by Crippen LogP contribution is 2.15. The topological polar surface area (TPSA) is 50.4 Å². The van der Waals surface area contributed by atoms with Crippen LogP contribution in [0.15, 0.2) is 0 Å². The number of carbonyl (C=O) groups excluding carboxylic acids is 1. The molecule has 0 saturated carbocycles. The molecule has 1 saturated heterocycles. The van der Waals surface area contributed by atoms with Crippen molar-refractivity contribution in [2.24, 2.45) is 5.92 Å². The standard InChI is InChI=1S/C12H24N2O2/c1-9-6-5-7-13-10(9)8-14-11(15)16-12(2,3)4/h9-10,13H,5-8H2,1-4H3,(H,14,15)/t9-,10+/m0/s1. The van der Waals surface area contributed by atoms with Gasteiger partial charge >= 0.3 is 6.09 Å². The first-order valence-electron chi connectivity index (χ1n) is 6.09. The molecule has 1 fully saturated rings. The van der Waals surface area contributed by atoms with Crippen LogP contribution < -0.4 is 10.6 Å². The summed E-state index contributed by atoms with van der Waals surface area (Å²) in [6, 6.07) is 0.376. The fourth-order valence-corrected chi connectivity index (χ4v) is 1.89. The maximum absolute atomic E-state index is 11.4. The third-order valence-corrected chi connectivity index (χ3v) is 2.79. The fourth-order valence-electron chi connectivity index (χ4n) is 1.89. The molecule has 16 heavy (non-hydrogen) atoms. The molecule has 0 bridgehead atoms. The van der Waals surface area contributed by atoms with Gasteiger partial charge in [-0.25, -0.2) is 4.79 Å². The summed E-state index contributed by atoms with van der Waals surface area (Å²) in [6.45, 7) is 9.52. The lowest BCUT2D eigenvalue weighted by Crippen LogP contribution is -2.48. The maximum atomic E-state index is 11.4. The predicted octanol–water partition coefficient (Wildman–Crippen LogP) is 1.90. The van der Waals surface area contributed by atoms with E-state index >= 15 is 0 Å². The van der Waals surface area contributed by atoms with Gasteiger partial charge in [-0.2, -0.15) is 0 Å². The van der Waals surface area contributed by atoms with Crippen molar-refractivity contribution in [3.8, 4) is 0 Å². The highest BCUT2D eigenvalue weighted by Gasteiger charge is 2.22. The Morgan fingerprint density at radius 2 is 2.19 bits per heavy atom. The number of alkyl carbamates (subject to hydrolysis) is 1. The first kappa shape index (κ1) is 13.3. The van der Waals surface area contributed by atoms with Gasteiger partial charge in [-0.1, -0.05) is 6.92 Å². The van der Waals surface area contributed by atoms with Crippen LogP contribution in [0.1, 0.15) is 40.5 Å². The molecule has 1 rings (SSSR count). The molecule has 0 aromatic carbocycles. The lowest BCUT2D eigenvalue weighted by Gasteiger charge is -2.30. The van der Waals surface area contributed by atoms with Gasteiger partial charge in [-0.3, -0.25) is 0 Å². The van der Waals surface area contributed by atoms with E-state index in [-0.39, 0.29) is 6.09 Å². The van der Waals surface area contributed by atoms with Crippen LogP contribution in [0.4, 0.5) is 4.79 Å². The van der Waals surface area contributed by atoms with Crippen LogP contribution in [-0.2, 0) is 4.74 Å². The van der Waals surface area contributed by atoms with Crippen LogP contribution in [0.2, 0.25) is 0 Å². The molecule has 0 aromatic heterocycles. The third-order valence-electron chi connectivity index (χ3n) is 2.79. The maximum Gasteiger partial charge on any atom is 0.407 e. The quantitative estimate of drug-likeness (QED) is 0.759. The smallest absolute Gasteiger partial charge is 0.407 e. The average molecular weight is 228 g/mol. The molecule has 1 aliphatic rings. The van der Waals surface area contributed by atoms with E-state index in [4.69, 9.17) is 4.74 Å². The summed E-state index contributed by atoms with van der Waals surface area (Å²) < 4.78 is 5.19. The molecule has 1 amide bonds. The molecule has 4 nitrogen and oxygen atoms in total. The highest BCUT2D eigenvalue weighted by atomic mass is 16.6. The first-order chi connectivity index (χ1) is 7.38. The summed E-state index contributed by atoms with van der Waals surface area (Å²) in [5.41, 5.74) is -0.421. The monoisotopic (exact) mass is 228 g/mol. The summed E-state index contributed by atoms with van der Waals surface area (Å²) in [4.78, 5) is 11.4. The fraction of sp³-hybridized carbons (Fsp3) is 0.917. The van der Waals surface area contributed by atoms with Crippen molar-refractivity contribution in [1.82, 2.24) is 10.6 Å². The summed E-state index contributed by atoms with van der Waals surface area (Å²) in [5, 5.41) is 6.23. The van der Waals surface area contributed by atoms with Gasteiger partial charge in [0.15, 0.2) is 0 Å². The minimum absolute atomic E-state index is 0.327. The number of amides is 1. The molecule has 94 valence electrons. The van der Waals surface area contributed by atoms with Gasteiger partial charge in [-0.15, -0.1) is 0 Å². The normalized spacial score (nSPS) is 26.2. The van der Waals surface area contributed by atoms with Crippen LogP contribution in [0.25, 0.3) is 0 Å².